The van der Waals surface area contributed by atoms with Gasteiger partial charge >= 0.3 is 0 Å². The number of rotatable bonds is 4. The second-order valence-corrected chi connectivity index (χ2v) is 4.61. The Labute approximate surface area is 117 Å². The number of para-hydroxylation sites is 1. The third-order valence-corrected chi connectivity index (χ3v) is 3.33. The van der Waals surface area contributed by atoms with Gasteiger partial charge in [0.15, 0.2) is 0 Å². The lowest BCUT2D eigenvalue weighted by atomic mass is 10.0. The van der Waals surface area contributed by atoms with Crippen LogP contribution in [0, 0.1) is 0 Å². The van der Waals surface area contributed by atoms with Gasteiger partial charge in [0.25, 0.3) is 0 Å². The summed E-state index contributed by atoms with van der Waals surface area (Å²) < 4.78 is 7.11. The maximum atomic E-state index is 10.4. The second-order valence-electron chi connectivity index (χ2n) is 4.61. The smallest absolute Gasteiger partial charge is 0.110 e. The molecule has 0 aliphatic carbocycles. The number of benzene rings is 1. The number of aromatic nitrogens is 2. The van der Waals surface area contributed by atoms with E-state index >= 15 is 0 Å². The fourth-order valence-electron chi connectivity index (χ4n) is 2.26. The molecular weight excluding hydrogens is 252 g/mol. The fourth-order valence-corrected chi connectivity index (χ4v) is 2.26. The maximum absolute atomic E-state index is 10.4. The maximum Gasteiger partial charge on any atom is 0.110 e. The highest BCUT2D eigenvalue weighted by Gasteiger charge is 2.18. The number of aliphatic hydroxyl groups is 1. The van der Waals surface area contributed by atoms with Crippen LogP contribution in [0.25, 0.3) is 5.69 Å². The molecule has 0 bridgehead atoms. The van der Waals surface area contributed by atoms with E-state index < -0.39 is 6.10 Å². The predicted octanol–water partition coefficient (Wildman–Crippen LogP) is 3.11. The van der Waals surface area contributed by atoms with E-state index in [0.29, 0.717) is 0 Å². The molecule has 4 heteroatoms. The van der Waals surface area contributed by atoms with Gasteiger partial charge in [0, 0.05) is 23.7 Å². The first-order valence-electron chi connectivity index (χ1n) is 6.64. The van der Waals surface area contributed by atoms with Crippen LogP contribution in [-0.4, -0.2) is 14.9 Å². The molecule has 2 aromatic heterocycles. The molecule has 0 amide bonds. The summed E-state index contributed by atoms with van der Waals surface area (Å²) in [6.45, 7) is 2.00. The molecule has 20 heavy (non-hydrogen) atoms. The lowest BCUT2D eigenvalue weighted by Crippen LogP contribution is -2.00. The molecule has 3 aromatic rings. The normalized spacial score (nSPS) is 12.5. The molecule has 0 saturated heterocycles. The topological polar surface area (TPSA) is 51.2 Å². The fraction of sp³-hybridized carbons (Fsp3) is 0.188. The largest absolute Gasteiger partial charge is 0.469 e. The first-order valence-corrected chi connectivity index (χ1v) is 6.64. The first-order chi connectivity index (χ1) is 9.79. The van der Waals surface area contributed by atoms with E-state index in [1.807, 2.05) is 49.5 Å². The molecule has 0 radical (unpaired) electrons. The van der Waals surface area contributed by atoms with Gasteiger partial charge in [-0.1, -0.05) is 25.1 Å². The molecular formula is C16H16N2O2. The van der Waals surface area contributed by atoms with E-state index in [4.69, 9.17) is 4.42 Å². The number of aliphatic hydroxyl groups excluding tert-OH is 1. The first kappa shape index (κ1) is 12.7. The Kier molecular flexibility index (Phi) is 3.39. The van der Waals surface area contributed by atoms with E-state index in [-0.39, 0.29) is 0 Å². The molecule has 0 spiro atoms. The van der Waals surface area contributed by atoms with Crippen molar-refractivity contribution in [1.82, 2.24) is 9.78 Å². The minimum Gasteiger partial charge on any atom is -0.469 e. The molecule has 1 N–H and O–H groups in total. The Morgan fingerprint density at radius 1 is 1.25 bits per heavy atom. The van der Waals surface area contributed by atoms with Crippen molar-refractivity contribution in [2.75, 3.05) is 0 Å². The zero-order chi connectivity index (χ0) is 13.9. The lowest BCUT2D eigenvalue weighted by molar-refractivity contribution is 0.217. The van der Waals surface area contributed by atoms with Gasteiger partial charge in [0.05, 0.1) is 18.1 Å². The van der Waals surface area contributed by atoms with Crippen molar-refractivity contribution in [2.45, 2.75) is 19.4 Å². The standard InChI is InChI=1S/C16H16N2O2/c1-2-15-14(8-9-20-15)16(19)12-10-17-18(11-12)13-6-4-3-5-7-13/h3-11,16,19H,2H2,1H3. The van der Waals surface area contributed by atoms with Crippen molar-refractivity contribution in [1.29, 1.82) is 0 Å². The van der Waals surface area contributed by atoms with Crippen molar-refractivity contribution in [3.63, 3.8) is 0 Å². The SMILES string of the molecule is CCc1occc1C(O)c1cnn(-c2ccccc2)c1. The number of hydrogen-bond donors (Lipinski definition) is 1. The van der Waals surface area contributed by atoms with E-state index in [2.05, 4.69) is 5.10 Å². The molecule has 0 aliphatic heterocycles. The summed E-state index contributed by atoms with van der Waals surface area (Å²) in [4.78, 5) is 0. The van der Waals surface area contributed by atoms with Crippen LogP contribution in [0.3, 0.4) is 0 Å². The van der Waals surface area contributed by atoms with Crippen LogP contribution >= 0.6 is 0 Å². The van der Waals surface area contributed by atoms with Crippen LogP contribution in [0.5, 0.6) is 0 Å². The average Bonchev–Trinajstić information content (AvgIpc) is 3.16. The molecule has 2 heterocycles. The zero-order valence-corrected chi connectivity index (χ0v) is 11.2. The highest BCUT2D eigenvalue weighted by molar-refractivity contribution is 5.34. The third-order valence-electron chi connectivity index (χ3n) is 3.33. The quantitative estimate of drug-likeness (QED) is 0.791. The third kappa shape index (κ3) is 2.26. The summed E-state index contributed by atoms with van der Waals surface area (Å²) in [5.74, 6) is 0.810. The summed E-state index contributed by atoms with van der Waals surface area (Å²) in [7, 11) is 0. The molecule has 1 atom stereocenters. The molecule has 0 aliphatic rings. The summed E-state index contributed by atoms with van der Waals surface area (Å²) in [6, 6.07) is 11.6. The summed E-state index contributed by atoms with van der Waals surface area (Å²) >= 11 is 0. The predicted molar refractivity (Wildman–Crippen MR) is 75.7 cm³/mol. The summed E-state index contributed by atoms with van der Waals surface area (Å²) in [5, 5.41) is 14.7. The van der Waals surface area contributed by atoms with E-state index in [1.165, 1.54) is 0 Å². The van der Waals surface area contributed by atoms with Gasteiger partial charge < -0.3 is 9.52 Å². The van der Waals surface area contributed by atoms with Crippen molar-refractivity contribution in [3.05, 3.63) is 71.9 Å². The Balaban J connectivity index is 1.91. The molecule has 0 saturated carbocycles. The molecule has 3 rings (SSSR count). The highest BCUT2D eigenvalue weighted by atomic mass is 16.3. The Hall–Kier alpha value is -2.33. The van der Waals surface area contributed by atoms with Crippen molar-refractivity contribution < 1.29 is 9.52 Å². The molecule has 102 valence electrons. The van der Waals surface area contributed by atoms with Crippen LogP contribution < -0.4 is 0 Å². The number of furan rings is 1. The van der Waals surface area contributed by atoms with E-state index in [1.54, 1.807) is 17.1 Å². The Bertz CT molecular complexity index is 685. The molecule has 1 unspecified atom stereocenters. The molecule has 0 fully saturated rings. The summed E-state index contributed by atoms with van der Waals surface area (Å²) in [5.41, 5.74) is 2.53. The number of nitrogens with zero attached hydrogens (tertiary/aromatic N) is 2. The minimum absolute atomic E-state index is 0.707. The molecule has 4 nitrogen and oxygen atoms in total. The number of aryl methyl sites for hydroxylation is 1. The number of hydrogen-bond acceptors (Lipinski definition) is 3. The Morgan fingerprint density at radius 3 is 2.80 bits per heavy atom. The lowest BCUT2D eigenvalue weighted by Gasteiger charge is -2.07. The molecule has 1 aromatic carbocycles. The highest BCUT2D eigenvalue weighted by Crippen LogP contribution is 2.26. The monoisotopic (exact) mass is 268 g/mol. The van der Waals surface area contributed by atoms with Gasteiger partial charge in [-0.25, -0.2) is 4.68 Å². The minimum atomic E-state index is -0.707. The van der Waals surface area contributed by atoms with Gasteiger partial charge in [-0.2, -0.15) is 5.10 Å². The van der Waals surface area contributed by atoms with Crippen molar-refractivity contribution in [2.24, 2.45) is 0 Å². The van der Waals surface area contributed by atoms with Crippen molar-refractivity contribution in [3.8, 4) is 5.69 Å². The van der Waals surface area contributed by atoms with Crippen LogP contribution in [0.2, 0.25) is 0 Å². The van der Waals surface area contributed by atoms with Gasteiger partial charge in [-0.05, 0) is 18.2 Å². The van der Waals surface area contributed by atoms with Crippen LogP contribution in [0.1, 0.15) is 29.9 Å². The average molecular weight is 268 g/mol. The van der Waals surface area contributed by atoms with Gasteiger partial charge in [0.1, 0.15) is 11.9 Å². The zero-order valence-electron chi connectivity index (χ0n) is 11.2. The van der Waals surface area contributed by atoms with Gasteiger partial charge in [-0.15, -0.1) is 0 Å². The van der Waals surface area contributed by atoms with Crippen molar-refractivity contribution >= 4 is 0 Å². The van der Waals surface area contributed by atoms with Crippen LogP contribution in [0.4, 0.5) is 0 Å². The summed E-state index contributed by atoms with van der Waals surface area (Å²) in [6.07, 6.45) is 5.18. The van der Waals surface area contributed by atoms with Gasteiger partial charge in [0.2, 0.25) is 0 Å². The van der Waals surface area contributed by atoms with E-state index in [0.717, 1.165) is 29.0 Å². The Morgan fingerprint density at radius 2 is 2.05 bits per heavy atom. The van der Waals surface area contributed by atoms with Gasteiger partial charge in [-0.3, -0.25) is 0 Å². The van der Waals surface area contributed by atoms with Crippen LogP contribution in [-0.2, 0) is 6.42 Å². The second kappa shape index (κ2) is 5.35. The van der Waals surface area contributed by atoms with E-state index in [9.17, 15) is 5.11 Å². The van der Waals surface area contributed by atoms with Crippen LogP contribution in [0.15, 0.2) is 59.5 Å².